The van der Waals surface area contributed by atoms with E-state index in [0.717, 1.165) is 54.7 Å². The van der Waals surface area contributed by atoms with E-state index in [1.54, 1.807) is 0 Å². The molecule has 3 aromatic carbocycles. The van der Waals surface area contributed by atoms with Crippen molar-refractivity contribution in [3.05, 3.63) is 101 Å². The Kier molecular flexibility index (Phi) is 8.35. The summed E-state index contributed by atoms with van der Waals surface area (Å²) in [6.07, 6.45) is 3.10. The van der Waals surface area contributed by atoms with Gasteiger partial charge in [0.15, 0.2) is 12.1 Å². The summed E-state index contributed by atoms with van der Waals surface area (Å²) < 4.78 is 24.9. The third-order valence-corrected chi connectivity index (χ3v) is 8.63. The average Bonchev–Trinajstić information content (AvgIpc) is 3.53. The molecule has 3 fully saturated rings. The number of nitrogens with one attached hydrogen (secondary N) is 1. The van der Waals surface area contributed by atoms with Gasteiger partial charge in [-0.15, -0.1) is 0 Å². The molecule has 4 heterocycles. The zero-order valence-electron chi connectivity index (χ0n) is 24.4. The third-order valence-electron chi connectivity index (χ3n) is 8.63. The number of aliphatic hydroxyl groups excluding tert-OH is 1. The lowest BCUT2D eigenvalue weighted by atomic mass is 9.98. The molecule has 3 aliphatic rings. The van der Waals surface area contributed by atoms with Gasteiger partial charge in [-0.25, -0.2) is 4.98 Å². The number of amides is 1. The molecule has 1 spiro atoms. The smallest absolute Gasteiger partial charge is 0.275 e. The SMILES string of the molecule is O=C(Nc1ccc(C2OC(CN3CCC4(CC3)OCCO4)CC(c3ccc(CO)cc3)O2)cc1)c1cnc2ccccc2n1. The van der Waals surface area contributed by atoms with Gasteiger partial charge in [-0.05, 0) is 35.4 Å². The molecule has 228 valence electrons. The maximum absolute atomic E-state index is 12.9. The average molecular weight is 597 g/mol. The van der Waals surface area contributed by atoms with Crippen LogP contribution in [0.4, 0.5) is 5.69 Å². The number of fused-ring (bicyclic) bond motifs is 1. The van der Waals surface area contributed by atoms with Crippen molar-refractivity contribution in [3.63, 3.8) is 0 Å². The van der Waals surface area contributed by atoms with Gasteiger partial charge in [0.2, 0.25) is 0 Å². The number of hydrogen-bond acceptors (Lipinski definition) is 9. The number of likely N-dealkylation sites (tertiary alicyclic amines) is 1. The van der Waals surface area contributed by atoms with Crippen LogP contribution in [0.15, 0.2) is 79.0 Å². The van der Waals surface area contributed by atoms with Crippen LogP contribution in [-0.2, 0) is 25.6 Å². The topological polar surface area (TPSA) is 115 Å². The molecule has 44 heavy (non-hydrogen) atoms. The Labute approximate surface area is 255 Å². The normalized spacial score (nSPS) is 23.6. The van der Waals surface area contributed by atoms with Gasteiger partial charge in [0, 0.05) is 50.1 Å². The summed E-state index contributed by atoms with van der Waals surface area (Å²) in [5, 5.41) is 12.4. The highest BCUT2D eigenvalue weighted by molar-refractivity contribution is 6.03. The molecule has 2 N–H and O–H groups in total. The second-order valence-electron chi connectivity index (χ2n) is 11.6. The molecule has 4 aromatic rings. The van der Waals surface area contributed by atoms with Gasteiger partial charge in [-0.3, -0.25) is 9.78 Å². The van der Waals surface area contributed by atoms with E-state index < -0.39 is 12.1 Å². The summed E-state index contributed by atoms with van der Waals surface area (Å²) in [5.74, 6) is -0.741. The molecule has 0 bridgehead atoms. The van der Waals surface area contributed by atoms with Crippen LogP contribution < -0.4 is 5.32 Å². The van der Waals surface area contributed by atoms with Crippen molar-refractivity contribution in [2.24, 2.45) is 0 Å². The molecule has 3 atom stereocenters. The number of carbonyl (C=O) groups is 1. The van der Waals surface area contributed by atoms with Crippen molar-refractivity contribution in [2.45, 2.75) is 50.2 Å². The molecule has 0 saturated carbocycles. The number of anilines is 1. The minimum Gasteiger partial charge on any atom is -0.392 e. The summed E-state index contributed by atoms with van der Waals surface area (Å²) in [6, 6.07) is 22.9. The highest BCUT2D eigenvalue weighted by Gasteiger charge is 2.41. The molecule has 3 unspecified atom stereocenters. The number of hydrogen-bond donors (Lipinski definition) is 2. The minimum absolute atomic E-state index is 0.000368. The van der Waals surface area contributed by atoms with Gasteiger partial charge < -0.3 is 34.3 Å². The molecule has 3 aliphatic heterocycles. The largest absolute Gasteiger partial charge is 0.392 e. The van der Waals surface area contributed by atoms with Gasteiger partial charge in [-0.1, -0.05) is 48.5 Å². The van der Waals surface area contributed by atoms with Crippen LogP contribution in [0.5, 0.6) is 0 Å². The fourth-order valence-electron chi connectivity index (χ4n) is 6.17. The van der Waals surface area contributed by atoms with E-state index >= 15 is 0 Å². The Morgan fingerprint density at radius 3 is 2.34 bits per heavy atom. The van der Waals surface area contributed by atoms with Gasteiger partial charge in [0.1, 0.15) is 5.69 Å². The molecule has 0 radical (unpaired) electrons. The zero-order valence-corrected chi connectivity index (χ0v) is 24.4. The number of rotatable bonds is 7. The molecule has 1 aromatic heterocycles. The third kappa shape index (κ3) is 6.37. The van der Waals surface area contributed by atoms with Gasteiger partial charge >= 0.3 is 0 Å². The van der Waals surface area contributed by atoms with Crippen LogP contribution in [0, 0.1) is 0 Å². The first-order chi connectivity index (χ1) is 21.6. The fourth-order valence-corrected chi connectivity index (χ4v) is 6.17. The zero-order chi connectivity index (χ0) is 29.9. The van der Waals surface area contributed by atoms with Gasteiger partial charge in [0.25, 0.3) is 5.91 Å². The Morgan fingerprint density at radius 1 is 0.909 bits per heavy atom. The van der Waals surface area contributed by atoms with Crippen molar-refractivity contribution in [3.8, 4) is 0 Å². The van der Waals surface area contributed by atoms with Gasteiger partial charge in [0.05, 0.1) is 49.3 Å². The summed E-state index contributed by atoms with van der Waals surface area (Å²) in [6.45, 7) is 3.89. The van der Waals surface area contributed by atoms with Crippen molar-refractivity contribution in [2.75, 3.05) is 38.2 Å². The Balaban J connectivity index is 1.04. The van der Waals surface area contributed by atoms with E-state index in [-0.39, 0.29) is 30.4 Å². The number of aliphatic hydroxyl groups is 1. The van der Waals surface area contributed by atoms with E-state index in [9.17, 15) is 9.90 Å². The predicted molar refractivity (Wildman–Crippen MR) is 163 cm³/mol. The Hall–Kier alpha value is -3.77. The van der Waals surface area contributed by atoms with Crippen LogP contribution in [-0.4, -0.2) is 70.6 Å². The number of piperidine rings is 1. The molecule has 0 aliphatic carbocycles. The van der Waals surface area contributed by atoms with Crippen molar-refractivity contribution >= 4 is 22.6 Å². The molecular weight excluding hydrogens is 560 g/mol. The van der Waals surface area contributed by atoms with Crippen molar-refractivity contribution < 1.29 is 28.8 Å². The van der Waals surface area contributed by atoms with E-state index in [1.165, 1.54) is 6.20 Å². The minimum atomic E-state index is -0.579. The maximum Gasteiger partial charge on any atom is 0.275 e. The number of ether oxygens (including phenoxy) is 4. The number of para-hydroxylation sites is 2. The first-order valence-corrected chi connectivity index (χ1v) is 15.2. The lowest BCUT2D eigenvalue weighted by molar-refractivity contribution is -0.255. The predicted octanol–water partition coefficient (Wildman–Crippen LogP) is 4.76. The number of carbonyl (C=O) groups excluding carboxylic acids is 1. The molecule has 10 heteroatoms. The molecule has 1 amide bonds. The first kappa shape index (κ1) is 29.0. The highest BCUT2D eigenvalue weighted by atomic mass is 16.7. The Morgan fingerprint density at radius 2 is 1.61 bits per heavy atom. The highest BCUT2D eigenvalue weighted by Crippen LogP contribution is 2.39. The van der Waals surface area contributed by atoms with Crippen molar-refractivity contribution in [1.29, 1.82) is 0 Å². The standard InChI is InChI=1S/C34H36N4O6/c39-22-23-5-7-24(8-6-23)31-19-27(21-38-15-13-34(14-16-38)41-17-18-42-34)43-33(44-31)25-9-11-26(12-10-25)36-32(40)30-20-35-28-3-1-2-4-29(28)37-30/h1-12,20,27,31,33,39H,13-19,21-22H2,(H,36,40). The molecular formula is C34H36N4O6. The molecule has 10 nitrogen and oxygen atoms in total. The molecule has 3 saturated heterocycles. The second-order valence-corrected chi connectivity index (χ2v) is 11.6. The van der Waals surface area contributed by atoms with Crippen LogP contribution in [0.1, 0.15) is 58.8 Å². The van der Waals surface area contributed by atoms with Crippen LogP contribution in [0.2, 0.25) is 0 Å². The summed E-state index contributed by atoms with van der Waals surface area (Å²) >= 11 is 0. The summed E-state index contributed by atoms with van der Waals surface area (Å²) in [7, 11) is 0. The van der Waals surface area contributed by atoms with Crippen molar-refractivity contribution in [1.82, 2.24) is 14.9 Å². The second kappa shape index (κ2) is 12.7. The lowest BCUT2D eigenvalue weighted by Gasteiger charge is -2.41. The quantitative estimate of drug-likeness (QED) is 0.312. The number of benzene rings is 3. The number of aromatic nitrogens is 2. The van der Waals surface area contributed by atoms with Crippen LogP contribution >= 0.6 is 0 Å². The lowest BCUT2D eigenvalue weighted by Crippen LogP contribution is -2.48. The Bertz CT molecular complexity index is 1580. The maximum atomic E-state index is 12.9. The van der Waals surface area contributed by atoms with Crippen LogP contribution in [0.3, 0.4) is 0 Å². The van der Waals surface area contributed by atoms with E-state index in [0.29, 0.717) is 30.8 Å². The van der Waals surface area contributed by atoms with E-state index in [4.69, 9.17) is 18.9 Å². The van der Waals surface area contributed by atoms with Crippen LogP contribution in [0.25, 0.3) is 11.0 Å². The number of nitrogens with zero attached hydrogens (tertiary/aromatic N) is 3. The summed E-state index contributed by atoms with van der Waals surface area (Å²) in [5.41, 5.74) is 5.06. The first-order valence-electron chi connectivity index (χ1n) is 15.2. The molecule has 7 rings (SSSR count). The van der Waals surface area contributed by atoms with E-state index in [2.05, 4.69) is 20.2 Å². The summed E-state index contributed by atoms with van der Waals surface area (Å²) in [4.78, 5) is 24.1. The monoisotopic (exact) mass is 596 g/mol. The van der Waals surface area contributed by atoms with Gasteiger partial charge in [-0.2, -0.15) is 0 Å². The fraction of sp³-hybridized carbons (Fsp3) is 0.382. The van der Waals surface area contributed by atoms with E-state index in [1.807, 2.05) is 72.8 Å².